The van der Waals surface area contributed by atoms with Crippen LogP contribution < -0.4 is 4.68 Å². The second-order valence-corrected chi connectivity index (χ2v) is 12.3. The molecule has 3 heteroatoms. The molecule has 0 fully saturated rings. The lowest BCUT2D eigenvalue weighted by molar-refractivity contribution is -0.651. The lowest BCUT2D eigenvalue weighted by Crippen LogP contribution is -2.39. The van der Waals surface area contributed by atoms with Crippen molar-refractivity contribution in [2.75, 3.05) is 0 Å². The van der Waals surface area contributed by atoms with Crippen LogP contribution in [-0.2, 0) is 0 Å². The van der Waals surface area contributed by atoms with E-state index in [0.717, 1.165) is 22.5 Å². The normalized spacial score (nSPS) is 11.8. The Bertz CT molecular complexity index is 1450. The van der Waals surface area contributed by atoms with Gasteiger partial charge in [0.05, 0.1) is 0 Å². The Labute approximate surface area is 246 Å². The molecule has 41 heavy (non-hydrogen) atoms. The minimum atomic E-state index is 0.347. The highest BCUT2D eigenvalue weighted by Gasteiger charge is 2.36. The summed E-state index contributed by atoms with van der Waals surface area (Å²) in [5.74, 6) is 1.39. The number of para-hydroxylation sites is 2. The van der Waals surface area contributed by atoms with Crippen molar-refractivity contribution in [3.05, 3.63) is 119 Å². The van der Waals surface area contributed by atoms with E-state index in [9.17, 15) is 0 Å². The van der Waals surface area contributed by atoms with Crippen molar-refractivity contribution in [3.8, 4) is 33.9 Å². The third kappa shape index (κ3) is 5.38. The van der Waals surface area contributed by atoms with Gasteiger partial charge in [0.15, 0.2) is 11.4 Å². The van der Waals surface area contributed by atoms with E-state index in [0.29, 0.717) is 23.7 Å². The van der Waals surface area contributed by atoms with Crippen LogP contribution in [0.2, 0.25) is 0 Å². The lowest BCUT2D eigenvalue weighted by Gasteiger charge is -2.16. The van der Waals surface area contributed by atoms with Crippen LogP contribution >= 0.6 is 0 Å². The van der Waals surface area contributed by atoms with E-state index in [2.05, 4.69) is 162 Å². The smallest absolute Gasteiger partial charge is 0.0924 e. The summed E-state index contributed by atoms with van der Waals surface area (Å²) >= 11 is 0. The van der Waals surface area contributed by atoms with Crippen molar-refractivity contribution in [2.24, 2.45) is 0 Å². The molecule has 210 valence electrons. The lowest BCUT2D eigenvalue weighted by atomic mass is 9.91. The summed E-state index contributed by atoms with van der Waals surface area (Å²) in [6.07, 6.45) is 0. The first kappa shape index (κ1) is 28.5. The van der Waals surface area contributed by atoms with Gasteiger partial charge in [-0.15, -0.1) is 0 Å². The van der Waals surface area contributed by atoms with Gasteiger partial charge in [-0.3, -0.25) is 0 Å². The van der Waals surface area contributed by atoms with Gasteiger partial charge in [0.2, 0.25) is 11.4 Å². The molecule has 0 saturated carbocycles. The molecule has 5 rings (SSSR count). The van der Waals surface area contributed by atoms with Gasteiger partial charge in [0.25, 0.3) is 0 Å². The Balaban J connectivity index is 2.04. The van der Waals surface area contributed by atoms with Crippen LogP contribution in [0.15, 0.2) is 97.1 Å². The molecule has 0 saturated heterocycles. The summed E-state index contributed by atoms with van der Waals surface area (Å²) in [6, 6.07) is 35.1. The summed E-state index contributed by atoms with van der Waals surface area (Å²) in [7, 11) is 0. The molecule has 0 aliphatic heterocycles. The van der Waals surface area contributed by atoms with E-state index in [4.69, 9.17) is 5.21 Å². The monoisotopic (exact) mass is 542 g/mol. The van der Waals surface area contributed by atoms with Crippen LogP contribution in [0.25, 0.3) is 33.9 Å². The Morgan fingerprint density at radius 3 is 1.34 bits per heavy atom. The predicted octanol–water partition coefficient (Wildman–Crippen LogP) is 9.98. The molecule has 0 atom stereocenters. The molecule has 0 N–H and O–H groups in total. The van der Waals surface area contributed by atoms with Gasteiger partial charge in [0.1, 0.15) is 5.21 Å². The standard InChI is InChI=1S/C38H44N3/c1-25(2)31-21-15-22-32(26(3)4)37(31)40-35(29-17-11-9-12-18-29)36(30-19-13-10-14-20-30)41(39-40)38-33(27(5)6)23-16-24-34(38)28(7)8/h9-28H,1-8H3/q+1. The number of nitrogens with zero attached hydrogens (tertiary/aromatic N) is 3. The average Bonchev–Trinajstić information content (AvgIpc) is 3.37. The number of benzene rings is 4. The Morgan fingerprint density at radius 2 is 0.902 bits per heavy atom. The Kier molecular flexibility index (Phi) is 8.26. The molecule has 0 unspecified atom stereocenters. The van der Waals surface area contributed by atoms with Gasteiger partial charge >= 0.3 is 0 Å². The first-order chi connectivity index (χ1) is 19.7. The molecule has 5 aromatic rings. The third-order valence-electron chi connectivity index (χ3n) is 8.03. The molecule has 0 spiro atoms. The fourth-order valence-electron chi connectivity index (χ4n) is 5.92. The van der Waals surface area contributed by atoms with E-state index >= 15 is 0 Å². The fourth-order valence-corrected chi connectivity index (χ4v) is 5.92. The molecule has 0 radical (unpaired) electrons. The van der Waals surface area contributed by atoms with Crippen molar-refractivity contribution < 1.29 is 4.68 Å². The van der Waals surface area contributed by atoms with E-state index in [-0.39, 0.29) is 0 Å². The van der Waals surface area contributed by atoms with Crippen LogP contribution in [-0.4, -0.2) is 9.90 Å². The molecule has 0 bridgehead atoms. The Morgan fingerprint density at radius 1 is 0.488 bits per heavy atom. The molecule has 0 aliphatic carbocycles. The fraction of sp³-hybridized carbons (Fsp3) is 0.316. The maximum absolute atomic E-state index is 5.61. The van der Waals surface area contributed by atoms with Crippen molar-refractivity contribution in [1.82, 2.24) is 9.90 Å². The van der Waals surface area contributed by atoms with E-state index < -0.39 is 0 Å². The number of aromatic nitrogens is 3. The number of rotatable bonds is 8. The highest BCUT2D eigenvalue weighted by Crippen LogP contribution is 2.39. The SMILES string of the molecule is CC(C)c1cccc(C(C)C)c1-n1n[n+](-c2c(C(C)C)cccc2C(C)C)c(-c2ccccc2)c1-c1ccccc1. The first-order valence-electron chi connectivity index (χ1n) is 15.1. The molecular weight excluding hydrogens is 498 g/mol. The molecule has 1 heterocycles. The van der Waals surface area contributed by atoms with Gasteiger partial charge in [-0.25, -0.2) is 0 Å². The maximum atomic E-state index is 5.61. The van der Waals surface area contributed by atoms with Crippen molar-refractivity contribution in [3.63, 3.8) is 0 Å². The summed E-state index contributed by atoms with van der Waals surface area (Å²) in [5.41, 5.74) is 12.2. The number of hydrogen-bond donors (Lipinski definition) is 0. The van der Waals surface area contributed by atoms with Gasteiger partial charge in [0, 0.05) is 33.4 Å². The van der Waals surface area contributed by atoms with Gasteiger partial charge in [-0.05, 0) is 23.7 Å². The second kappa shape index (κ2) is 11.9. The summed E-state index contributed by atoms with van der Waals surface area (Å²) in [5, 5.41) is 5.61. The summed E-state index contributed by atoms with van der Waals surface area (Å²) < 4.78 is 4.51. The highest BCUT2D eigenvalue weighted by atomic mass is 15.5. The van der Waals surface area contributed by atoms with Crippen LogP contribution in [0.5, 0.6) is 0 Å². The highest BCUT2D eigenvalue weighted by molar-refractivity contribution is 5.78. The summed E-state index contributed by atoms with van der Waals surface area (Å²) in [6.45, 7) is 18.3. The van der Waals surface area contributed by atoms with Crippen LogP contribution in [0.1, 0.15) is 101 Å². The largest absolute Gasteiger partial charge is 0.213 e. The maximum Gasteiger partial charge on any atom is 0.213 e. The molecule has 4 aromatic carbocycles. The van der Waals surface area contributed by atoms with Gasteiger partial charge in [-0.1, -0.05) is 162 Å². The van der Waals surface area contributed by atoms with Gasteiger partial charge < -0.3 is 0 Å². The zero-order valence-electron chi connectivity index (χ0n) is 25.9. The van der Waals surface area contributed by atoms with E-state index in [1.165, 1.54) is 33.6 Å². The van der Waals surface area contributed by atoms with Gasteiger partial charge in [-0.2, -0.15) is 0 Å². The first-order valence-corrected chi connectivity index (χ1v) is 15.1. The summed E-state index contributed by atoms with van der Waals surface area (Å²) in [4.78, 5) is 0. The predicted molar refractivity (Wildman–Crippen MR) is 172 cm³/mol. The van der Waals surface area contributed by atoms with Crippen molar-refractivity contribution in [2.45, 2.75) is 79.1 Å². The zero-order valence-corrected chi connectivity index (χ0v) is 25.9. The Hall–Kier alpha value is -3.98. The van der Waals surface area contributed by atoms with E-state index in [1.54, 1.807) is 0 Å². The molecule has 0 amide bonds. The molecule has 1 aromatic heterocycles. The topological polar surface area (TPSA) is 21.7 Å². The quantitative estimate of drug-likeness (QED) is 0.179. The van der Waals surface area contributed by atoms with Crippen LogP contribution in [0, 0.1) is 0 Å². The molecule has 0 aliphatic rings. The van der Waals surface area contributed by atoms with Crippen LogP contribution in [0.3, 0.4) is 0 Å². The van der Waals surface area contributed by atoms with Crippen LogP contribution in [0.4, 0.5) is 0 Å². The molecular formula is C38H44N3+. The minimum Gasteiger partial charge on any atom is -0.0924 e. The second-order valence-electron chi connectivity index (χ2n) is 12.3. The van der Waals surface area contributed by atoms with Crippen molar-refractivity contribution in [1.29, 1.82) is 0 Å². The van der Waals surface area contributed by atoms with Crippen molar-refractivity contribution >= 4 is 0 Å². The third-order valence-corrected chi connectivity index (χ3v) is 8.03. The average molecular weight is 543 g/mol. The molecule has 3 nitrogen and oxygen atoms in total. The number of hydrogen-bond acceptors (Lipinski definition) is 1. The minimum absolute atomic E-state index is 0.347. The van der Waals surface area contributed by atoms with E-state index in [1.807, 2.05) is 0 Å². The zero-order chi connectivity index (χ0) is 29.3.